The third kappa shape index (κ3) is 4.33. The number of halogens is 2. The number of aliphatic imine (C=N–C) groups is 1. The Hall–Kier alpha value is -1.71. The molecule has 4 rings (SSSR count). The number of amides is 1. The zero-order chi connectivity index (χ0) is 21.6. The molecular weight excluding hydrogens is 491 g/mol. The first-order chi connectivity index (χ1) is 14.1. The highest BCUT2D eigenvalue weighted by Crippen LogP contribution is 2.43. The number of amidine groups is 1. The quantitative estimate of drug-likeness (QED) is 0.622. The Labute approximate surface area is 187 Å². The van der Waals surface area contributed by atoms with Crippen LogP contribution in [0.15, 0.2) is 45.9 Å². The van der Waals surface area contributed by atoms with Gasteiger partial charge in [0, 0.05) is 15.4 Å². The van der Waals surface area contributed by atoms with Gasteiger partial charge in [0.1, 0.15) is 5.82 Å². The average molecular weight is 511 g/mol. The first kappa shape index (κ1) is 21.5. The predicted molar refractivity (Wildman–Crippen MR) is 122 cm³/mol. The monoisotopic (exact) mass is 510 g/mol. The van der Waals surface area contributed by atoms with E-state index in [1.165, 1.54) is 23.9 Å². The lowest BCUT2D eigenvalue weighted by molar-refractivity contribution is -0.117. The smallest absolute Gasteiger partial charge is 0.252 e. The van der Waals surface area contributed by atoms with E-state index in [0.29, 0.717) is 10.7 Å². The fourth-order valence-corrected chi connectivity index (χ4v) is 8.64. The molecule has 0 spiro atoms. The van der Waals surface area contributed by atoms with Crippen molar-refractivity contribution in [2.75, 3.05) is 16.4 Å². The Bertz CT molecular complexity index is 1130. The largest absolute Gasteiger partial charge is 0.315 e. The lowest BCUT2D eigenvalue weighted by Gasteiger charge is -2.28. The molecule has 2 aliphatic rings. The maximum atomic E-state index is 13.1. The topological polar surface area (TPSA) is 66.8 Å². The lowest BCUT2D eigenvalue weighted by atomic mass is 10.1. The van der Waals surface area contributed by atoms with Crippen LogP contribution in [0, 0.1) is 19.7 Å². The summed E-state index contributed by atoms with van der Waals surface area (Å²) in [5.41, 5.74) is 3.53. The Morgan fingerprint density at radius 3 is 2.47 bits per heavy atom. The van der Waals surface area contributed by atoms with Gasteiger partial charge in [-0.3, -0.25) is 4.79 Å². The molecule has 0 unspecified atom stereocenters. The van der Waals surface area contributed by atoms with E-state index in [1.807, 2.05) is 30.9 Å². The number of carbonyl (C=O) groups excluding carboxylic acids is 1. The van der Waals surface area contributed by atoms with Gasteiger partial charge in [-0.1, -0.05) is 39.8 Å². The van der Waals surface area contributed by atoms with E-state index in [1.54, 1.807) is 12.1 Å². The van der Waals surface area contributed by atoms with Gasteiger partial charge in [-0.25, -0.2) is 12.8 Å². The van der Waals surface area contributed by atoms with Crippen LogP contribution in [0.5, 0.6) is 0 Å². The SMILES string of the molecule is Cc1cc(Br)cc(C)c1N1C(=NC(=O)Cc2ccc(F)cc2)S[C@@H]2CS(=O)(=O)C[C@@H]21. The standard InChI is InChI=1S/C21H20BrFN2O3S2/c1-12-7-15(22)8-13(2)20(12)25-17-10-30(27,28)11-18(17)29-21(25)24-19(26)9-14-3-5-16(23)6-4-14/h3-8,17-18H,9-11H2,1-2H3/t17-,18+/m0/s1. The molecular formula is C21H20BrFN2O3S2. The molecule has 2 aromatic rings. The molecule has 5 nitrogen and oxygen atoms in total. The number of carbonyl (C=O) groups is 1. The fraction of sp³-hybridized carbons (Fsp3) is 0.333. The van der Waals surface area contributed by atoms with Gasteiger partial charge in [-0.05, 0) is 54.8 Å². The highest BCUT2D eigenvalue weighted by Gasteiger charge is 2.50. The van der Waals surface area contributed by atoms with Crippen molar-refractivity contribution in [1.82, 2.24) is 0 Å². The van der Waals surface area contributed by atoms with Gasteiger partial charge in [0.05, 0.1) is 24.0 Å². The molecule has 2 saturated heterocycles. The number of hydrogen-bond acceptors (Lipinski definition) is 4. The van der Waals surface area contributed by atoms with Crippen molar-refractivity contribution in [1.29, 1.82) is 0 Å². The van der Waals surface area contributed by atoms with Gasteiger partial charge in [0.15, 0.2) is 15.0 Å². The van der Waals surface area contributed by atoms with E-state index < -0.39 is 9.84 Å². The Balaban J connectivity index is 1.70. The second kappa shape index (κ2) is 8.09. The van der Waals surface area contributed by atoms with Crippen LogP contribution in [-0.4, -0.2) is 42.3 Å². The summed E-state index contributed by atoms with van der Waals surface area (Å²) in [7, 11) is -3.13. The van der Waals surface area contributed by atoms with Gasteiger partial charge in [-0.2, -0.15) is 4.99 Å². The number of fused-ring (bicyclic) bond motifs is 1. The molecule has 30 heavy (non-hydrogen) atoms. The predicted octanol–water partition coefficient (Wildman–Crippen LogP) is 4.05. The van der Waals surface area contributed by atoms with Crippen molar-refractivity contribution < 1.29 is 17.6 Å². The van der Waals surface area contributed by atoms with Crippen molar-refractivity contribution in [2.24, 2.45) is 4.99 Å². The zero-order valence-electron chi connectivity index (χ0n) is 16.4. The molecule has 0 bridgehead atoms. The third-order valence-corrected chi connectivity index (χ3v) is 8.92. The van der Waals surface area contributed by atoms with E-state index in [9.17, 15) is 17.6 Å². The van der Waals surface area contributed by atoms with Crippen LogP contribution in [0.2, 0.25) is 0 Å². The van der Waals surface area contributed by atoms with Crippen LogP contribution in [0.3, 0.4) is 0 Å². The van der Waals surface area contributed by atoms with E-state index in [2.05, 4.69) is 20.9 Å². The minimum Gasteiger partial charge on any atom is -0.315 e. The second-order valence-electron chi connectivity index (χ2n) is 7.65. The number of benzene rings is 2. The number of aryl methyl sites for hydroxylation is 2. The number of sulfone groups is 1. The molecule has 0 aromatic heterocycles. The maximum Gasteiger partial charge on any atom is 0.252 e. The molecule has 2 aliphatic heterocycles. The van der Waals surface area contributed by atoms with Crippen molar-refractivity contribution in [2.45, 2.75) is 31.6 Å². The third-order valence-electron chi connectivity index (χ3n) is 5.25. The summed E-state index contributed by atoms with van der Waals surface area (Å²) in [5.74, 6) is -0.571. The molecule has 2 aromatic carbocycles. The normalized spacial score (nSPS) is 23.7. The minimum atomic E-state index is -3.13. The van der Waals surface area contributed by atoms with Crippen LogP contribution < -0.4 is 4.90 Å². The molecule has 2 heterocycles. The van der Waals surface area contributed by atoms with Gasteiger partial charge >= 0.3 is 0 Å². The van der Waals surface area contributed by atoms with Crippen molar-refractivity contribution >= 4 is 54.3 Å². The fourth-order valence-electron chi connectivity index (χ4n) is 4.03. The molecule has 0 N–H and O–H groups in total. The summed E-state index contributed by atoms with van der Waals surface area (Å²) < 4.78 is 38.6. The van der Waals surface area contributed by atoms with Gasteiger partial charge in [0.2, 0.25) is 0 Å². The lowest BCUT2D eigenvalue weighted by Crippen LogP contribution is -2.38. The van der Waals surface area contributed by atoms with Gasteiger partial charge in [-0.15, -0.1) is 0 Å². The molecule has 0 aliphatic carbocycles. The molecule has 0 radical (unpaired) electrons. The summed E-state index contributed by atoms with van der Waals surface area (Å²) in [6.07, 6.45) is 0.0596. The summed E-state index contributed by atoms with van der Waals surface area (Å²) >= 11 is 4.85. The first-order valence-electron chi connectivity index (χ1n) is 9.42. The van der Waals surface area contributed by atoms with Crippen LogP contribution in [0.25, 0.3) is 0 Å². The summed E-state index contributed by atoms with van der Waals surface area (Å²) in [6, 6.07) is 9.46. The number of rotatable bonds is 3. The Kier molecular flexibility index (Phi) is 5.80. The average Bonchev–Trinajstić information content (AvgIpc) is 3.08. The molecule has 2 atom stereocenters. The van der Waals surface area contributed by atoms with E-state index in [4.69, 9.17) is 0 Å². The summed E-state index contributed by atoms with van der Waals surface area (Å²) in [5, 5.41) is 0.371. The number of nitrogens with zero attached hydrogens (tertiary/aromatic N) is 2. The number of thioether (sulfide) groups is 1. The van der Waals surface area contributed by atoms with Crippen molar-refractivity contribution in [3.63, 3.8) is 0 Å². The first-order valence-corrected chi connectivity index (χ1v) is 12.9. The Morgan fingerprint density at radius 2 is 1.83 bits per heavy atom. The summed E-state index contributed by atoms with van der Waals surface area (Å²) in [6.45, 7) is 3.93. The van der Waals surface area contributed by atoms with Gasteiger partial charge < -0.3 is 4.90 Å². The second-order valence-corrected chi connectivity index (χ2v) is 11.9. The van der Waals surface area contributed by atoms with E-state index in [-0.39, 0.29) is 40.9 Å². The van der Waals surface area contributed by atoms with Crippen molar-refractivity contribution in [3.05, 3.63) is 63.4 Å². The zero-order valence-corrected chi connectivity index (χ0v) is 19.7. The molecule has 9 heteroatoms. The van der Waals surface area contributed by atoms with Crippen LogP contribution in [0.1, 0.15) is 16.7 Å². The molecule has 2 fully saturated rings. The number of anilines is 1. The van der Waals surface area contributed by atoms with Crippen molar-refractivity contribution in [3.8, 4) is 0 Å². The molecule has 158 valence electrons. The van der Waals surface area contributed by atoms with Crippen LogP contribution >= 0.6 is 27.7 Å². The Morgan fingerprint density at radius 1 is 1.20 bits per heavy atom. The molecule has 1 amide bonds. The highest BCUT2D eigenvalue weighted by atomic mass is 79.9. The number of hydrogen-bond donors (Lipinski definition) is 0. The highest BCUT2D eigenvalue weighted by molar-refractivity contribution is 9.10. The maximum absolute atomic E-state index is 13.1. The van der Waals surface area contributed by atoms with E-state index >= 15 is 0 Å². The van der Waals surface area contributed by atoms with E-state index in [0.717, 1.165) is 21.3 Å². The van der Waals surface area contributed by atoms with Crippen LogP contribution in [-0.2, 0) is 21.1 Å². The van der Waals surface area contributed by atoms with Crippen LogP contribution in [0.4, 0.5) is 10.1 Å². The minimum absolute atomic E-state index is 0.0464. The summed E-state index contributed by atoms with van der Waals surface area (Å²) in [4.78, 5) is 18.9. The van der Waals surface area contributed by atoms with Gasteiger partial charge in [0.25, 0.3) is 5.91 Å². The molecule has 0 saturated carbocycles.